The minimum Gasteiger partial charge on any atom is -0.480 e. The zero-order chi connectivity index (χ0) is 14.0. The van der Waals surface area contributed by atoms with E-state index in [-0.39, 0.29) is 0 Å². The Labute approximate surface area is 117 Å². The summed E-state index contributed by atoms with van der Waals surface area (Å²) in [5, 5.41) is 11.5. The van der Waals surface area contributed by atoms with Gasteiger partial charge in [0, 0.05) is 18.5 Å². The molecular formula is C13H21N3O2S. The lowest BCUT2D eigenvalue weighted by atomic mass is 9.85. The van der Waals surface area contributed by atoms with Crippen molar-refractivity contribution in [2.45, 2.75) is 44.7 Å². The van der Waals surface area contributed by atoms with Crippen molar-refractivity contribution in [2.24, 2.45) is 11.7 Å². The van der Waals surface area contributed by atoms with Crippen molar-refractivity contribution in [1.82, 2.24) is 4.98 Å². The molecular weight excluding hydrogens is 262 g/mol. The zero-order valence-corrected chi connectivity index (χ0v) is 12.2. The van der Waals surface area contributed by atoms with Crippen LogP contribution in [0.1, 0.15) is 44.3 Å². The number of nitrogens with two attached hydrogens (primary N) is 1. The Balaban J connectivity index is 2.11. The van der Waals surface area contributed by atoms with Crippen molar-refractivity contribution in [3.8, 4) is 0 Å². The van der Waals surface area contributed by atoms with Crippen LogP contribution in [0.2, 0.25) is 0 Å². The molecule has 1 aliphatic carbocycles. The molecule has 0 radical (unpaired) electrons. The highest BCUT2D eigenvalue weighted by atomic mass is 32.1. The molecule has 1 saturated carbocycles. The minimum absolute atomic E-state index is 0.447. The van der Waals surface area contributed by atoms with Crippen LogP contribution in [0.4, 0.5) is 5.13 Å². The van der Waals surface area contributed by atoms with Crippen LogP contribution in [0.5, 0.6) is 0 Å². The van der Waals surface area contributed by atoms with E-state index in [9.17, 15) is 4.79 Å². The number of anilines is 1. The van der Waals surface area contributed by atoms with Crippen LogP contribution in [-0.4, -0.2) is 29.1 Å². The maximum Gasteiger partial charge on any atom is 0.326 e. The van der Waals surface area contributed by atoms with Gasteiger partial charge in [0.25, 0.3) is 0 Å². The molecule has 3 unspecified atom stereocenters. The molecule has 5 nitrogen and oxygen atoms in total. The molecule has 19 heavy (non-hydrogen) atoms. The lowest BCUT2D eigenvalue weighted by Gasteiger charge is -2.36. The summed E-state index contributed by atoms with van der Waals surface area (Å²) in [6.45, 7) is 2.28. The number of aromatic nitrogens is 1. The number of hydrogen-bond donors (Lipinski definition) is 2. The lowest BCUT2D eigenvalue weighted by molar-refractivity contribution is -0.138. The molecule has 3 atom stereocenters. The van der Waals surface area contributed by atoms with E-state index >= 15 is 0 Å². The van der Waals surface area contributed by atoms with Gasteiger partial charge in [-0.25, -0.2) is 4.98 Å². The fourth-order valence-electron chi connectivity index (χ4n) is 2.72. The van der Waals surface area contributed by atoms with Crippen LogP contribution in [0.25, 0.3) is 0 Å². The highest BCUT2D eigenvalue weighted by Gasteiger charge is 2.27. The number of aliphatic carboxylic acids is 1. The summed E-state index contributed by atoms with van der Waals surface area (Å²) in [4.78, 5) is 17.4. The third kappa shape index (κ3) is 3.06. The fraction of sp³-hybridized carbons (Fsp3) is 0.692. The van der Waals surface area contributed by atoms with Gasteiger partial charge in [-0.1, -0.05) is 19.8 Å². The number of nitrogens with zero attached hydrogens (tertiary/aromatic N) is 2. The Hall–Kier alpha value is -1.14. The largest absolute Gasteiger partial charge is 0.480 e. The average Bonchev–Trinajstić information content (AvgIpc) is 2.87. The summed E-state index contributed by atoms with van der Waals surface area (Å²) < 4.78 is 0. The van der Waals surface area contributed by atoms with Crippen LogP contribution in [0.15, 0.2) is 5.38 Å². The molecule has 0 aliphatic heterocycles. The first kappa shape index (κ1) is 14.3. The van der Waals surface area contributed by atoms with E-state index in [1.807, 2.05) is 7.05 Å². The summed E-state index contributed by atoms with van der Waals surface area (Å²) >= 11 is 1.47. The van der Waals surface area contributed by atoms with Crippen LogP contribution in [-0.2, 0) is 4.79 Å². The highest BCUT2D eigenvalue weighted by Crippen LogP contribution is 2.32. The second-order valence-electron chi connectivity index (χ2n) is 5.31. The lowest BCUT2D eigenvalue weighted by Crippen LogP contribution is -2.39. The summed E-state index contributed by atoms with van der Waals surface area (Å²) in [5.41, 5.74) is 6.03. The predicted molar refractivity (Wildman–Crippen MR) is 76.5 cm³/mol. The van der Waals surface area contributed by atoms with E-state index in [0.717, 1.165) is 5.13 Å². The van der Waals surface area contributed by atoms with E-state index in [4.69, 9.17) is 10.8 Å². The topological polar surface area (TPSA) is 79.5 Å². The molecule has 1 aromatic heterocycles. The molecule has 0 aromatic carbocycles. The van der Waals surface area contributed by atoms with Gasteiger partial charge in [-0.3, -0.25) is 4.79 Å². The number of hydrogen-bond acceptors (Lipinski definition) is 5. The van der Waals surface area contributed by atoms with Gasteiger partial charge in [0.05, 0.1) is 5.69 Å². The van der Waals surface area contributed by atoms with Crippen molar-refractivity contribution in [2.75, 3.05) is 11.9 Å². The Morgan fingerprint density at radius 1 is 1.58 bits per heavy atom. The molecule has 0 bridgehead atoms. The molecule has 106 valence electrons. The molecule has 0 amide bonds. The first-order valence-corrected chi connectivity index (χ1v) is 7.55. The van der Waals surface area contributed by atoms with Crippen LogP contribution < -0.4 is 10.6 Å². The van der Waals surface area contributed by atoms with Gasteiger partial charge < -0.3 is 15.7 Å². The maximum absolute atomic E-state index is 10.9. The number of carboxylic acid groups (broad SMARTS) is 1. The Bertz CT molecular complexity index is 449. The second kappa shape index (κ2) is 5.88. The van der Waals surface area contributed by atoms with Crippen molar-refractivity contribution < 1.29 is 9.90 Å². The first-order valence-electron chi connectivity index (χ1n) is 6.67. The van der Waals surface area contributed by atoms with E-state index in [0.29, 0.717) is 17.7 Å². The van der Waals surface area contributed by atoms with Crippen molar-refractivity contribution >= 4 is 22.4 Å². The van der Waals surface area contributed by atoms with E-state index < -0.39 is 12.0 Å². The Morgan fingerprint density at radius 3 is 2.89 bits per heavy atom. The molecule has 1 fully saturated rings. The third-order valence-corrected chi connectivity index (χ3v) is 4.91. The molecule has 6 heteroatoms. The quantitative estimate of drug-likeness (QED) is 0.886. The van der Waals surface area contributed by atoms with Crippen molar-refractivity contribution in [3.63, 3.8) is 0 Å². The molecule has 1 aromatic rings. The predicted octanol–water partition coefficient (Wildman–Crippen LogP) is 2.24. The summed E-state index contributed by atoms with van der Waals surface area (Å²) in [6.07, 6.45) is 4.99. The number of carboxylic acids is 1. The highest BCUT2D eigenvalue weighted by molar-refractivity contribution is 7.13. The van der Waals surface area contributed by atoms with E-state index in [1.165, 1.54) is 37.0 Å². The summed E-state index contributed by atoms with van der Waals surface area (Å²) in [7, 11) is 2.04. The van der Waals surface area contributed by atoms with Gasteiger partial charge in [0.2, 0.25) is 0 Å². The first-order chi connectivity index (χ1) is 9.00. The van der Waals surface area contributed by atoms with Crippen molar-refractivity contribution in [3.05, 3.63) is 11.1 Å². The molecule has 3 N–H and O–H groups in total. The zero-order valence-electron chi connectivity index (χ0n) is 11.4. The normalized spacial score (nSPS) is 25.0. The van der Waals surface area contributed by atoms with E-state index in [2.05, 4.69) is 16.8 Å². The molecule has 2 rings (SSSR count). The monoisotopic (exact) mass is 283 g/mol. The number of thiazole rings is 1. The number of rotatable bonds is 4. The van der Waals surface area contributed by atoms with Gasteiger partial charge in [-0.05, 0) is 18.8 Å². The standard InChI is InChI=1S/C13H21N3O2S/c1-8-5-3-4-6-10(8)16(2)13-15-9(7-19-13)11(14)12(17)18/h7-8,10-11H,3-6,14H2,1-2H3,(H,17,18). The molecule has 1 aliphatic rings. The summed E-state index contributed by atoms with van der Waals surface area (Å²) in [6, 6.07) is -0.531. The van der Waals surface area contributed by atoms with Crippen LogP contribution >= 0.6 is 11.3 Å². The van der Waals surface area contributed by atoms with Gasteiger partial charge in [0.1, 0.15) is 6.04 Å². The van der Waals surface area contributed by atoms with Gasteiger partial charge in [-0.15, -0.1) is 11.3 Å². The Morgan fingerprint density at radius 2 is 2.26 bits per heavy atom. The van der Waals surface area contributed by atoms with Gasteiger partial charge in [0.15, 0.2) is 5.13 Å². The maximum atomic E-state index is 10.9. The molecule has 0 saturated heterocycles. The third-order valence-electron chi connectivity index (χ3n) is 3.96. The van der Waals surface area contributed by atoms with Crippen molar-refractivity contribution in [1.29, 1.82) is 0 Å². The van der Waals surface area contributed by atoms with Crippen LogP contribution in [0.3, 0.4) is 0 Å². The SMILES string of the molecule is CC1CCCCC1N(C)c1nc(C(N)C(=O)O)cs1. The summed E-state index contributed by atoms with van der Waals surface area (Å²) in [5.74, 6) is -0.384. The Kier molecular flexibility index (Phi) is 4.42. The minimum atomic E-state index is -1.04. The number of carbonyl (C=O) groups is 1. The average molecular weight is 283 g/mol. The van der Waals surface area contributed by atoms with Crippen LogP contribution in [0, 0.1) is 5.92 Å². The molecule has 0 spiro atoms. The van der Waals surface area contributed by atoms with E-state index in [1.54, 1.807) is 5.38 Å². The second-order valence-corrected chi connectivity index (χ2v) is 6.15. The smallest absolute Gasteiger partial charge is 0.326 e. The van der Waals surface area contributed by atoms with Gasteiger partial charge in [-0.2, -0.15) is 0 Å². The van der Waals surface area contributed by atoms with Gasteiger partial charge >= 0.3 is 5.97 Å². The fourth-order valence-corrected chi connectivity index (χ4v) is 3.61. The molecule has 1 heterocycles.